The fraction of sp³-hybridized carbons (Fsp3) is 0.278. The van der Waals surface area contributed by atoms with Crippen LogP contribution in [-0.2, 0) is 20.8 Å². The fourth-order valence-corrected chi connectivity index (χ4v) is 2.52. The third-order valence-corrected chi connectivity index (χ3v) is 3.78. The van der Waals surface area contributed by atoms with E-state index >= 15 is 0 Å². The Hall–Kier alpha value is -2.31. The molecular weight excluding hydrogens is 316 g/mol. The highest BCUT2D eigenvalue weighted by molar-refractivity contribution is 5.96. The molecule has 1 atom stereocenters. The molecule has 0 saturated carbocycles. The lowest BCUT2D eigenvalue weighted by molar-refractivity contribution is -0.144. The normalized spacial score (nSPS) is 17.5. The lowest BCUT2D eigenvalue weighted by atomic mass is 10.1. The summed E-state index contributed by atoms with van der Waals surface area (Å²) in [6.07, 6.45) is -0.754. The fourth-order valence-electron chi connectivity index (χ4n) is 2.52. The minimum Gasteiger partial charge on any atom is -0.376 e. The number of amides is 1. The van der Waals surface area contributed by atoms with Gasteiger partial charge in [0.1, 0.15) is 11.6 Å². The van der Waals surface area contributed by atoms with E-state index in [0.29, 0.717) is 24.5 Å². The molecule has 3 rings (SSSR count). The third kappa shape index (κ3) is 3.77. The van der Waals surface area contributed by atoms with Gasteiger partial charge in [0.05, 0.1) is 26.4 Å². The number of ether oxygens (including phenoxy) is 2. The van der Waals surface area contributed by atoms with Crippen LogP contribution >= 0.6 is 0 Å². The first kappa shape index (κ1) is 16.5. The molecule has 1 aliphatic heterocycles. The predicted octanol–water partition coefficient (Wildman–Crippen LogP) is 2.91. The van der Waals surface area contributed by atoms with Crippen molar-refractivity contribution in [2.24, 2.45) is 0 Å². The summed E-state index contributed by atoms with van der Waals surface area (Å²) in [6, 6.07) is 11.7. The molecule has 2 aromatic carbocycles. The summed E-state index contributed by atoms with van der Waals surface area (Å²) >= 11 is 0. The molecule has 1 heterocycles. The molecule has 0 aliphatic carbocycles. The van der Waals surface area contributed by atoms with Gasteiger partial charge in [-0.15, -0.1) is 0 Å². The second-order valence-corrected chi connectivity index (χ2v) is 5.43. The number of carbonyl (C=O) groups excluding carboxylic acids is 1. The average molecular weight is 333 g/mol. The van der Waals surface area contributed by atoms with Crippen LogP contribution in [-0.4, -0.2) is 31.8 Å². The summed E-state index contributed by atoms with van der Waals surface area (Å²) in [6.45, 7) is 0.936. The van der Waals surface area contributed by atoms with Crippen molar-refractivity contribution in [2.75, 3.05) is 24.7 Å². The molecule has 0 radical (unpaired) electrons. The minimum atomic E-state index is -0.754. The Morgan fingerprint density at radius 3 is 2.50 bits per heavy atom. The smallest absolute Gasteiger partial charge is 0.258 e. The summed E-state index contributed by atoms with van der Waals surface area (Å²) in [4.78, 5) is 14.2. The van der Waals surface area contributed by atoms with Crippen molar-refractivity contribution in [3.63, 3.8) is 0 Å². The van der Waals surface area contributed by atoms with Crippen LogP contribution in [0.15, 0.2) is 48.5 Å². The summed E-state index contributed by atoms with van der Waals surface area (Å²) in [5.74, 6) is -1.16. The van der Waals surface area contributed by atoms with Crippen molar-refractivity contribution >= 4 is 11.6 Å². The molecule has 1 aliphatic rings. The van der Waals surface area contributed by atoms with Gasteiger partial charge >= 0.3 is 0 Å². The van der Waals surface area contributed by atoms with Crippen LogP contribution in [0.25, 0.3) is 0 Å². The highest BCUT2D eigenvalue weighted by Crippen LogP contribution is 2.21. The van der Waals surface area contributed by atoms with Gasteiger partial charge < -0.3 is 14.4 Å². The van der Waals surface area contributed by atoms with E-state index in [1.54, 1.807) is 18.2 Å². The maximum Gasteiger partial charge on any atom is 0.258 e. The zero-order chi connectivity index (χ0) is 16.9. The number of anilines is 1. The maximum absolute atomic E-state index is 14.0. The van der Waals surface area contributed by atoms with Gasteiger partial charge in [0.25, 0.3) is 5.91 Å². The Morgan fingerprint density at radius 2 is 1.83 bits per heavy atom. The molecule has 6 heteroatoms. The molecule has 0 N–H and O–H groups in total. The third-order valence-electron chi connectivity index (χ3n) is 3.78. The van der Waals surface area contributed by atoms with E-state index in [0.717, 1.165) is 0 Å². The Labute approximate surface area is 138 Å². The number of benzene rings is 2. The van der Waals surface area contributed by atoms with E-state index in [9.17, 15) is 13.6 Å². The summed E-state index contributed by atoms with van der Waals surface area (Å²) < 4.78 is 37.9. The van der Waals surface area contributed by atoms with E-state index in [1.807, 2.05) is 0 Å². The maximum atomic E-state index is 14.0. The summed E-state index contributed by atoms with van der Waals surface area (Å²) in [5, 5.41) is 0. The highest BCUT2D eigenvalue weighted by atomic mass is 19.1. The number of hydrogen-bond acceptors (Lipinski definition) is 3. The number of carbonyl (C=O) groups is 1. The van der Waals surface area contributed by atoms with E-state index in [4.69, 9.17) is 9.47 Å². The molecule has 2 aromatic rings. The van der Waals surface area contributed by atoms with Crippen LogP contribution in [0, 0.1) is 11.6 Å². The van der Waals surface area contributed by atoms with E-state index in [2.05, 4.69) is 0 Å². The predicted molar refractivity (Wildman–Crippen MR) is 84.5 cm³/mol. The average Bonchev–Trinajstić information content (AvgIpc) is 2.62. The first-order chi connectivity index (χ1) is 11.6. The number of halogens is 2. The van der Waals surface area contributed by atoms with Gasteiger partial charge in [-0.05, 0) is 30.3 Å². The van der Waals surface area contributed by atoms with Gasteiger partial charge in [0.2, 0.25) is 0 Å². The van der Waals surface area contributed by atoms with Gasteiger partial charge in [-0.25, -0.2) is 8.78 Å². The quantitative estimate of drug-likeness (QED) is 0.864. The van der Waals surface area contributed by atoms with Gasteiger partial charge in [-0.1, -0.05) is 18.2 Å². The molecule has 0 aromatic heterocycles. The van der Waals surface area contributed by atoms with Crippen molar-refractivity contribution in [2.45, 2.75) is 12.6 Å². The molecule has 1 saturated heterocycles. The molecule has 24 heavy (non-hydrogen) atoms. The van der Waals surface area contributed by atoms with Crippen molar-refractivity contribution < 1.29 is 23.0 Å². The van der Waals surface area contributed by atoms with Crippen LogP contribution in [0.3, 0.4) is 0 Å². The van der Waals surface area contributed by atoms with E-state index in [1.165, 1.54) is 35.2 Å². The van der Waals surface area contributed by atoms with Crippen LogP contribution in [0.1, 0.15) is 5.56 Å². The summed E-state index contributed by atoms with van der Waals surface area (Å²) in [5.41, 5.74) is 0.839. The second kappa shape index (κ2) is 7.51. The van der Waals surface area contributed by atoms with Crippen molar-refractivity contribution in [1.29, 1.82) is 0 Å². The van der Waals surface area contributed by atoms with Gasteiger partial charge in [-0.2, -0.15) is 0 Å². The van der Waals surface area contributed by atoms with Crippen molar-refractivity contribution in [3.8, 4) is 0 Å². The molecule has 126 valence electrons. The number of rotatable bonds is 4. The lowest BCUT2D eigenvalue weighted by Gasteiger charge is -2.29. The summed E-state index contributed by atoms with van der Waals surface area (Å²) in [7, 11) is 0. The number of nitrogens with zero attached hydrogens (tertiary/aromatic N) is 1. The molecular formula is C18H17F2NO3. The van der Waals surface area contributed by atoms with Gasteiger partial charge in [0, 0.05) is 11.3 Å². The van der Waals surface area contributed by atoms with Crippen molar-refractivity contribution in [1.82, 2.24) is 0 Å². The SMILES string of the molecule is O=C([C@@H]1COCCO1)N(Cc1ccccc1F)c1ccc(F)cc1. The molecule has 1 fully saturated rings. The Kier molecular flexibility index (Phi) is 5.17. The highest BCUT2D eigenvalue weighted by Gasteiger charge is 2.29. The van der Waals surface area contributed by atoms with E-state index in [-0.39, 0.29) is 19.1 Å². The second-order valence-electron chi connectivity index (χ2n) is 5.43. The Morgan fingerprint density at radius 1 is 1.08 bits per heavy atom. The molecule has 1 amide bonds. The zero-order valence-electron chi connectivity index (χ0n) is 13.0. The largest absolute Gasteiger partial charge is 0.376 e. The van der Waals surface area contributed by atoms with Gasteiger partial charge in [0.15, 0.2) is 6.10 Å². The van der Waals surface area contributed by atoms with Crippen LogP contribution < -0.4 is 4.90 Å². The Bertz CT molecular complexity index is 700. The van der Waals surface area contributed by atoms with Crippen molar-refractivity contribution in [3.05, 3.63) is 65.7 Å². The standard InChI is InChI=1S/C18H17F2NO3/c19-14-5-7-15(8-6-14)21(11-13-3-1-2-4-16(13)20)18(22)17-12-23-9-10-24-17/h1-8,17H,9-12H2/t17-/m0/s1. The first-order valence-electron chi connectivity index (χ1n) is 7.65. The minimum absolute atomic E-state index is 0.0248. The van der Waals surface area contributed by atoms with E-state index < -0.39 is 17.7 Å². The molecule has 4 nitrogen and oxygen atoms in total. The lowest BCUT2D eigenvalue weighted by Crippen LogP contribution is -2.45. The topological polar surface area (TPSA) is 38.8 Å². The van der Waals surface area contributed by atoms with Crippen LogP contribution in [0.2, 0.25) is 0 Å². The van der Waals surface area contributed by atoms with Crippen LogP contribution in [0.4, 0.5) is 14.5 Å². The number of hydrogen-bond donors (Lipinski definition) is 0. The Balaban J connectivity index is 1.89. The van der Waals surface area contributed by atoms with Gasteiger partial charge in [-0.3, -0.25) is 4.79 Å². The first-order valence-corrected chi connectivity index (χ1v) is 7.65. The molecule has 0 unspecified atom stereocenters. The monoisotopic (exact) mass is 333 g/mol. The van der Waals surface area contributed by atoms with Crippen LogP contribution in [0.5, 0.6) is 0 Å². The zero-order valence-corrected chi connectivity index (χ0v) is 13.0. The molecule has 0 bridgehead atoms. The molecule has 0 spiro atoms.